The fraction of sp³-hybridized carbons (Fsp3) is 0.0541. The summed E-state index contributed by atoms with van der Waals surface area (Å²) in [7, 11) is 0. The Labute approximate surface area is 280 Å². The highest BCUT2D eigenvalue weighted by Crippen LogP contribution is 2.39. The van der Waals surface area contributed by atoms with E-state index < -0.39 is 17.1 Å². The molecule has 0 fully saturated rings. The van der Waals surface area contributed by atoms with Gasteiger partial charge in [0.1, 0.15) is 10.9 Å². The Kier molecular flexibility index (Phi) is 9.86. The summed E-state index contributed by atoms with van der Waals surface area (Å²) >= 11 is 7.39. The molecule has 1 aliphatic heterocycles. The third-order valence-electron chi connectivity index (χ3n) is 7.04. The average Bonchev–Trinajstić information content (AvgIpc) is 3.57. The third kappa shape index (κ3) is 8.21. The molecule has 10 heteroatoms. The number of halogens is 1. The summed E-state index contributed by atoms with van der Waals surface area (Å²) in [5.74, 6) is 0.0172. The van der Waals surface area contributed by atoms with Crippen molar-refractivity contribution in [3.8, 4) is 11.5 Å². The van der Waals surface area contributed by atoms with Gasteiger partial charge < -0.3 is 25.4 Å². The summed E-state index contributed by atoms with van der Waals surface area (Å²) in [5, 5.41) is 8.56. The molecule has 1 atom stereocenters. The molecule has 234 valence electrons. The second kappa shape index (κ2) is 14.7. The molecular formula is C37H28ClN3O5S. The van der Waals surface area contributed by atoms with E-state index in [1.54, 1.807) is 91.0 Å². The van der Waals surface area contributed by atoms with Gasteiger partial charge in [-0.15, -0.1) is 11.8 Å². The molecule has 0 saturated carbocycles. The smallest absolute Gasteiger partial charge is 0.272 e. The summed E-state index contributed by atoms with van der Waals surface area (Å²) in [5.41, 5.74) is 3.01. The fourth-order valence-electron chi connectivity index (χ4n) is 4.73. The molecule has 0 spiro atoms. The van der Waals surface area contributed by atoms with Crippen LogP contribution in [0.5, 0.6) is 11.5 Å². The van der Waals surface area contributed by atoms with Crippen molar-refractivity contribution >= 4 is 58.5 Å². The van der Waals surface area contributed by atoms with Gasteiger partial charge in [0.15, 0.2) is 11.5 Å². The first kappa shape index (κ1) is 31.5. The molecule has 1 aliphatic rings. The summed E-state index contributed by atoms with van der Waals surface area (Å²) < 4.78 is 10.8. The fourth-order valence-corrected chi connectivity index (χ4v) is 5.94. The molecule has 5 aromatic carbocycles. The zero-order chi connectivity index (χ0) is 32.6. The Morgan fingerprint density at radius 3 is 2.19 bits per heavy atom. The van der Waals surface area contributed by atoms with Crippen molar-refractivity contribution in [2.75, 3.05) is 17.4 Å². The Bertz CT molecular complexity index is 1940. The van der Waals surface area contributed by atoms with Crippen LogP contribution < -0.4 is 25.4 Å². The van der Waals surface area contributed by atoms with Crippen LogP contribution in [0.15, 0.2) is 138 Å². The highest BCUT2D eigenvalue weighted by molar-refractivity contribution is 8.00. The van der Waals surface area contributed by atoms with Crippen molar-refractivity contribution in [1.29, 1.82) is 0 Å². The highest BCUT2D eigenvalue weighted by atomic mass is 35.5. The Morgan fingerprint density at radius 1 is 0.723 bits per heavy atom. The maximum absolute atomic E-state index is 13.7. The summed E-state index contributed by atoms with van der Waals surface area (Å²) in [6.45, 7) is 0.139. The number of benzene rings is 5. The van der Waals surface area contributed by atoms with Crippen LogP contribution in [-0.4, -0.2) is 24.5 Å². The molecule has 0 radical (unpaired) electrons. The van der Waals surface area contributed by atoms with Crippen LogP contribution in [0.2, 0.25) is 5.02 Å². The molecule has 1 heterocycles. The minimum Gasteiger partial charge on any atom is -0.454 e. The van der Waals surface area contributed by atoms with E-state index in [0.717, 1.165) is 10.5 Å². The van der Waals surface area contributed by atoms with Gasteiger partial charge in [0, 0.05) is 32.9 Å². The predicted octanol–water partition coefficient (Wildman–Crippen LogP) is 7.95. The van der Waals surface area contributed by atoms with Crippen LogP contribution in [0.4, 0.5) is 11.4 Å². The molecular weight excluding hydrogens is 634 g/mol. The molecule has 0 aliphatic carbocycles. The predicted molar refractivity (Wildman–Crippen MR) is 185 cm³/mol. The summed E-state index contributed by atoms with van der Waals surface area (Å²) in [6, 6.07) is 37.4. The topological polar surface area (TPSA) is 106 Å². The first-order valence-electron chi connectivity index (χ1n) is 14.6. The summed E-state index contributed by atoms with van der Waals surface area (Å²) in [4.78, 5) is 41.0. The van der Waals surface area contributed by atoms with Gasteiger partial charge in [-0.1, -0.05) is 78.3 Å². The normalized spacial score (nSPS) is 12.6. The van der Waals surface area contributed by atoms with E-state index in [1.807, 2.05) is 42.5 Å². The molecule has 5 aromatic rings. The Balaban J connectivity index is 1.22. The largest absolute Gasteiger partial charge is 0.454 e. The van der Waals surface area contributed by atoms with Crippen LogP contribution in [0, 0.1) is 0 Å². The molecule has 8 nitrogen and oxygen atoms in total. The van der Waals surface area contributed by atoms with Crippen LogP contribution in [-0.2, 0) is 9.59 Å². The van der Waals surface area contributed by atoms with E-state index in [1.165, 1.54) is 11.8 Å². The van der Waals surface area contributed by atoms with E-state index in [4.69, 9.17) is 21.1 Å². The van der Waals surface area contributed by atoms with E-state index in [-0.39, 0.29) is 18.4 Å². The molecule has 0 saturated heterocycles. The molecule has 0 aromatic heterocycles. The zero-order valence-electron chi connectivity index (χ0n) is 24.8. The Hall–Kier alpha value is -5.51. The number of hydrogen-bond donors (Lipinski definition) is 3. The molecule has 3 amide bonds. The van der Waals surface area contributed by atoms with Crippen molar-refractivity contribution < 1.29 is 23.9 Å². The molecule has 6 rings (SSSR count). The van der Waals surface area contributed by atoms with Crippen molar-refractivity contribution in [2.45, 2.75) is 10.1 Å². The number of fused-ring (bicyclic) bond motifs is 1. The number of nitrogens with one attached hydrogen (secondary N) is 3. The second-order valence-corrected chi connectivity index (χ2v) is 12.0. The lowest BCUT2D eigenvalue weighted by Gasteiger charge is -2.18. The number of carbonyl (C=O) groups excluding carboxylic acids is 3. The van der Waals surface area contributed by atoms with Crippen molar-refractivity contribution in [3.05, 3.63) is 155 Å². The zero-order valence-corrected chi connectivity index (χ0v) is 26.4. The van der Waals surface area contributed by atoms with Crippen LogP contribution >= 0.6 is 23.4 Å². The van der Waals surface area contributed by atoms with Gasteiger partial charge in [-0.25, -0.2) is 0 Å². The summed E-state index contributed by atoms with van der Waals surface area (Å²) in [6.07, 6.45) is 1.58. The van der Waals surface area contributed by atoms with Gasteiger partial charge >= 0.3 is 0 Å². The molecule has 3 N–H and O–H groups in total. The molecule has 47 heavy (non-hydrogen) atoms. The van der Waals surface area contributed by atoms with E-state index in [2.05, 4.69) is 16.0 Å². The minimum absolute atomic E-state index is 0.0458. The number of hydrogen-bond acceptors (Lipinski definition) is 6. The van der Waals surface area contributed by atoms with Gasteiger partial charge in [-0.2, -0.15) is 0 Å². The maximum Gasteiger partial charge on any atom is 0.272 e. The van der Waals surface area contributed by atoms with Crippen molar-refractivity contribution in [3.63, 3.8) is 0 Å². The van der Waals surface area contributed by atoms with Gasteiger partial charge in [-0.05, 0) is 71.8 Å². The van der Waals surface area contributed by atoms with Crippen molar-refractivity contribution in [2.24, 2.45) is 0 Å². The van der Waals surface area contributed by atoms with E-state index in [9.17, 15) is 14.4 Å². The SMILES string of the molecule is O=C(Nc1cccc(SC(C(=O)Nc2ccc3c(c2)OCO3)c2ccccc2)c1)/C(=C/c1ccc(Cl)cc1)NC(=O)c1ccccc1. The first-order valence-corrected chi connectivity index (χ1v) is 15.8. The lowest BCUT2D eigenvalue weighted by molar-refractivity contribution is -0.116. The first-order chi connectivity index (χ1) is 22.9. The van der Waals surface area contributed by atoms with Gasteiger partial charge in [-0.3, -0.25) is 14.4 Å². The minimum atomic E-state index is -0.613. The van der Waals surface area contributed by atoms with Crippen LogP contribution in [0.3, 0.4) is 0 Å². The lowest BCUT2D eigenvalue weighted by Crippen LogP contribution is -2.30. The number of amides is 3. The van der Waals surface area contributed by atoms with Gasteiger partial charge in [0.25, 0.3) is 11.8 Å². The number of carbonyl (C=O) groups is 3. The number of thioether (sulfide) groups is 1. The maximum atomic E-state index is 13.7. The van der Waals surface area contributed by atoms with E-state index >= 15 is 0 Å². The van der Waals surface area contributed by atoms with Crippen molar-refractivity contribution in [1.82, 2.24) is 5.32 Å². The number of anilines is 2. The van der Waals surface area contributed by atoms with Gasteiger partial charge in [0.2, 0.25) is 12.7 Å². The van der Waals surface area contributed by atoms with Crippen LogP contribution in [0.1, 0.15) is 26.7 Å². The number of rotatable bonds is 10. The lowest BCUT2D eigenvalue weighted by atomic mass is 10.1. The molecule has 0 bridgehead atoms. The quantitative estimate of drug-likeness (QED) is 0.104. The highest BCUT2D eigenvalue weighted by Gasteiger charge is 2.24. The second-order valence-electron chi connectivity index (χ2n) is 10.4. The molecule has 1 unspecified atom stereocenters. The third-order valence-corrected chi connectivity index (χ3v) is 8.54. The number of ether oxygens (including phenoxy) is 2. The monoisotopic (exact) mass is 661 g/mol. The standard InChI is InChI=1S/C37H28ClN3O5S/c38-27-16-14-24(15-17-27)20-31(41-35(42)26-10-5-2-6-11-26)36(43)39-28-12-7-13-30(21-28)47-34(25-8-3-1-4-9-25)37(44)40-29-18-19-32-33(22-29)46-23-45-32/h1-22,34H,23H2,(H,39,43)(H,40,44)(H,41,42)/b31-20-. The van der Waals surface area contributed by atoms with Crippen LogP contribution in [0.25, 0.3) is 6.08 Å². The average molecular weight is 662 g/mol. The Morgan fingerprint density at radius 2 is 1.43 bits per heavy atom. The van der Waals surface area contributed by atoms with E-state index in [0.29, 0.717) is 39.0 Å². The van der Waals surface area contributed by atoms with Gasteiger partial charge in [0.05, 0.1) is 0 Å².